The molecule has 2 aromatic heterocycles. The van der Waals surface area contributed by atoms with Crippen LogP contribution in [-0.4, -0.2) is 40.5 Å². The number of aromatic nitrogens is 3. The monoisotopic (exact) mass is 306 g/mol. The first kappa shape index (κ1) is 13.6. The van der Waals surface area contributed by atoms with Gasteiger partial charge >= 0.3 is 0 Å². The Morgan fingerprint density at radius 3 is 2.96 bits per heavy atom. The fraction of sp³-hybridized carbons (Fsp3) is 0.312. The maximum absolute atomic E-state index is 12.2. The first-order chi connectivity index (χ1) is 11.3. The van der Waals surface area contributed by atoms with Gasteiger partial charge in [-0.2, -0.15) is 5.26 Å². The van der Waals surface area contributed by atoms with Crippen LogP contribution in [0.15, 0.2) is 24.5 Å². The molecule has 23 heavy (non-hydrogen) atoms. The number of hydrogen-bond acceptors (Lipinski definition) is 6. The molecular formula is C16H14N6O. The molecule has 114 valence electrons. The number of rotatable bonds is 2. The Morgan fingerprint density at radius 2 is 2.22 bits per heavy atom. The highest BCUT2D eigenvalue weighted by Crippen LogP contribution is 2.31. The lowest BCUT2D eigenvalue weighted by Crippen LogP contribution is -2.48. The van der Waals surface area contributed by atoms with Gasteiger partial charge in [0.25, 0.3) is 5.91 Å². The van der Waals surface area contributed by atoms with Crippen molar-refractivity contribution >= 4 is 11.7 Å². The average Bonchev–Trinajstić information content (AvgIpc) is 2.55. The molecule has 2 aromatic rings. The number of hydrogen-bond donors (Lipinski definition) is 1. The maximum Gasteiger partial charge on any atom is 0.270 e. The van der Waals surface area contributed by atoms with Gasteiger partial charge < -0.3 is 10.2 Å². The Kier molecular flexibility index (Phi) is 3.15. The highest BCUT2D eigenvalue weighted by molar-refractivity contribution is 5.96. The molecular weight excluding hydrogens is 292 g/mol. The lowest BCUT2D eigenvalue weighted by Gasteiger charge is -2.38. The van der Waals surface area contributed by atoms with E-state index >= 15 is 0 Å². The third-order valence-electron chi connectivity index (χ3n) is 4.14. The summed E-state index contributed by atoms with van der Waals surface area (Å²) in [7, 11) is 0. The number of amides is 1. The van der Waals surface area contributed by atoms with Gasteiger partial charge in [0.05, 0.1) is 12.0 Å². The second-order valence-electron chi connectivity index (χ2n) is 5.68. The zero-order valence-electron chi connectivity index (χ0n) is 12.4. The van der Waals surface area contributed by atoms with E-state index in [0.717, 1.165) is 16.9 Å². The van der Waals surface area contributed by atoms with Gasteiger partial charge in [0.2, 0.25) is 0 Å². The summed E-state index contributed by atoms with van der Waals surface area (Å²) >= 11 is 0. The fourth-order valence-corrected chi connectivity index (χ4v) is 2.89. The molecule has 0 spiro atoms. The summed E-state index contributed by atoms with van der Waals surface area (Å²) in [6.07, 6.45) is 4.07. The van der Waals surface area contributed by atoms with Crippen LogP contribution in [0.25, 0.3) is 11.4 Å². The Morgan fingerprint density at radius 1 is 1.35 bits per heavy atom. The predicted molar refractivity (Wildman–Crippen MR) is 82.6 cm³/mol. The number of carbonyl (C=O) groups is 1. The predicted octanol–water partition coefficient (Wildman–Crippen LogP) is 0.784. The topological polar surface area (TPSA) is 94.8 Å². The van der Waals surface area contributed by atoms with Gasteiger partial charge in [0, 0.05) is 43.2 Å². The Labute approximate surface area is 133 Å². The van der Waals surface area contributed by atoms with Gasteiger partial charge in [-0.15, -0.1) is 0 Å². The average molecular weight is 306 g/mol. The van der Waals surface area contributed by atoms with Crippen LogP contribution in [0, 0.1) is 17.2 Å². The van der Waals surface area contributed by atoms with Gasteiger partial charge in [-0.1, -0.05) is 0 Å². The minimum Gasteiger partial charge on any atom is -0.353 e. The van der Waals surface area contributed by atoms with Crippen LogP contribution in [0.3, 0.4) is 0 Å². The number of pyridine rings is 1. The number of carbonyl (C=O) groups excluding carboxylic acids is 1. The SMILES string of the molecule is N#CC1CN(c2nc(-c3cccnc3)nc3c2CCNC3=O)C1. The summed E-state index contributed by atoms with van der Waals surface area (Å²) in [4.78, 5) is 27.4. The number of nitrogens with zero attached hydrogens (tertiary/aromatic N) is 5. The van der Waals surface area contributed by atoms with Crippen LogP contribution >= 0.6 is 0 Å². The van der Waals surface area contributed by atoms with Crippen molar-refractivity contribution in [2.75, 3.05) is 24.5 Å². The van der Waals surface area contributed by atoms with Crippen molar-refractivity contribution in [3.63, 3.8) is 0 Å². The van der Waals surface area contributed by atoms with Crippen LogP contribution in [-0.2, 0) is 6.42 Å². The molecule has 7 heteroatoms. The Hall–Kier alpha value is -3.01. The van der Waals surface area contributed by atoms with Crippen LogP contribution in [0.4, 0.5) is 5.82 Å². The van der Waals surface area contributed by atoms with Crippen LogP contribution < -0.4 is 10.2 Å². The van der Waals surface area contributed by atoms with E-state index in [1.807, 2.05) is 17.0 Å². The summed E-state index contributed by atoms with van der Waals surface area (Å²) < 4.78 is 0. The molecule has 0 bridgehead atoms. The Bertz CT molecular complexity index is 807. The van der Waals surface area contributed by atoms with E-state index in [0.29, 0.717) is 37.6 Å². The molecule has 2 aliphatic heterocycles. The summed E-state index contributed by atoms with van der Waals surface area (Å²) in [6.45, 7) is 1.88. The highest BCUT2D eigenvalue weighted by atomic mass is 16.1. The zero-order valence-corrected chi connectivity index (χ0v) is 12.4. The third-order valence-corrected chi connectivity index (χ3v) is 4.14. The molecule has 1 saturated heterocycles. The van der Waals surface area contributed by atoms with Crippen LogP contribution in [0.2, 0.25) is 0 Å². The standard InChI is InChI=1S/C16H14N6O/c17-6-10-8-22(9-10)15-12-3-5-19-16(23)13(12)20-14(21-15)11-2-1-4-18-7-11/h1-2,4,7,10H,3,5,8-9H2,(H,19,23). The molecule has 2 aliphatic rings. The zero-order chi connectivity index (χ0) is 15.8. The van der Waals surface area contributed by atoms with E-state index in [9.17, 15) is 4.79 Å². The second kappa shape index (κ2) is 5.32. The molecule has 4 rings (SSSR count). The molecule has 0 aliphatic carbocycles. The largest absolute Gasteiger partial charge is 0.353 e. The first-order valence-corrected chi connectivity index (χ1v) is 7.50. The lowest BCUT2D eigenvalue weighted by atomic mass is 9.99. The molecule has 0 unspecified atom stereocenters. The quantitative estimate of drug-likeness (QED) is 0.881. The van der Waals surface area contributed by atoms with Gasteiger partial charge in [-0.3, -0.25) is 9.78 Å². The molecule has 4 heterocycles. The van der Waals surface area contributed by atoms with Crippen molar-refractivity contribution < 1.29 is 4.79 Å². The molecule has 1 amide bonds. The van der Waals surface area contributed by atoms with Gasteiger partial charge in [0.15, 0.2) is 5.82 Å². The van der Waals surface area contributed by atoms with Crippen LogP contribution in [0.5, 0.6) is 0 Å². The van der Waals surface area contributed by atoms with E-state index in [2.05, 4.69) is 26.3 Å². The van der Waals surface area contributed by atoms with Crippen molar-refractivity contribution in [1.29, 1.82) is 5.26 Å². The van der Waals surface area contributed by atoms with Crippen molar-refractivity contribution in [1.82, 2.24) is 20.3 Å². The van der Waals surface area contributed by atoms with Crippen molar-refractivity contribution in [2.45, 2.75) is 6.42 Å². The third kappa shape index (κ3) is 2.28. The molecule has 1 N–H and O–H groups in total. The number of nitriles is 1. The Balaban J connectivity index is 1.82. The minimum atomic E-state index is -0.169. The number of nitrogens with one attached hydrogen (secondary N) is 1. The summed E-state index contributed by atoms with van der Waals surface area (Å²) in [6, 6.07) is 5.94. The van der Waals surface area contributed by atoms with Crippen molar-refractivity contribution in [3.8, 4) is 17.5 Å². The van der Waals surface area contributed by atoms with E-state index < -0.39 is 0 Å². The highest BCUT2D eigenvalue weighted by Gasteiger charge is 2.33. The van der Waals surface area contributed by atoms with Gasteiger partial charge in [-0.25, -0.2) is 9.97 Å². The van der Waals surface area contributed by atoms with E-state index in [4.69, 9.17) is 5.26 Å². The molecule has 0 aromatic carbocycles. The summed E-state index contributed by atoms with van der Waals surface area (Å²) in [5, 5.41) is 11.8. The molecule has 0 radical (unpaired) electrons. The second-order valence-corrected chi connectivity index (χ2v) is 5.68. The van der Waals surface area contributed by atoms with Crippen molar-refractivity contribution in [2.24, 2.45) is 5.92 Å². The fourth-order valence-electron chi connectivity index (χ4n) is 2.89. The maximum atomic E-state index is 12.2. The summed E-state index contributed by atoms with van der Waals surface area (Å²) in [5.74, 6) is 1.12. The minimum absolute atomic E-state index is 0.0277. The lowest BCUT2D eigenvalue weighted by molar-refractivity contribution is 0.0940. The molecule has 0 saturated carbocycles. The summed E-state index contributed by atoms with van der Waals surface area (Å²) in [5.41, 5.74) is 2.07. The smallest absolute Gasteiger partial charge is 0.270 e. The van der Waals surface area contributed by atoms with E-state index in [-0.39, 0.29) is 11.8 Å². The van der Waals surface area contributed by atoms with Gasteiger partial charge in [-0.05, 0) is 18.6 Å². The first-order valence-electron chi connectivity index (χ1n) is 7.50. The van der Waals surface area contributed by atoms with Gasteiger partial charge in [0.1, 0.15) is 11.5 Å². The van der Waals surface area contributed by atoms with Crippen molar-refractivity contribution in [3.05, 3.63) is 35.8 Å². The number of anilines is 1. The molecule has 1 fully saturated rings. The normalized spacial score (nSPS) is 17.0. The van der Waals surface area contributed by atoms with E-state index in [1.54, 1.807) is 12.4 Å². The molecule has 7 nitrogen and oxygen atoms in total. The van der Waals surface area contributed by atoms with E-state index in [1.165, 1.54) is 0 Å². The van der Waals surface area contributed by atoms with Crippen LogP contribution in [0.1, 0.15) is 16.1 Å². The molecule has 0 atom stereocenters. The number of fused-ring (bicyclic) bond motifs is 1.